The molecule has 2 aromatic carbocycles. The molecule has 0 radical (unpaired) electrons. The number of aryl methyl sites for hydroxylation is 1. The first-order valence-electron chi connectivity index (χ1n) is 5.83. The minimum Gasteiger partial charge on any atom is -0.113 e. The molecule has 84 valence electrons. The standard InChI is InChI=1S/C16H14S/c1-12-6-8-14(9-7-12)16-11-10-13-4-2-3-5-15(13)17-16/h2-11,16H,1H3/t16-/m1/s1. The van der Waals surface area contributed by atoms with Gasteiger partial charge in [-0.3, -0.25) is 0 Å². The summed E-state index contributed by atoms with van der Waals surface area (Å²) in [5.41, 5.74) is 4.03. The summed E-state index contributed by atoms with van der Waals surface area (Å²) in [5.74, 6) is 0. The molecule has 0 saturated heterocycles. The largest absolute Gasteiger partial charge is 0.113 e. The van der Waals surface area contributed by atoms with E-state index in [2.05, 4.69) is 67.6 Å². The minimum absolute atomic E-state index is 0.450. The Kier molecular flexibility index (Phi) is 2.77. The van der Waals surface area contributed by atoms with E-state index < -0.39 is 0 Å². The van der Waals surface area contributed by atoms with Crippen LogP contribution in [0.3, 0.4) is 0 Å². The summed E-state index contributed by atoms with van der Waals surface area (Å²) < 4.78 is 0. The number of fused-ring (bicyclic) bond motifs is 1. The molecule has 0 bridgehead atoms. The number of rotatable bonds is 1. The maximum atomic E-state index is 2.29. The predicted molar refractivity (Wildman–Crippen MR) is 75.3 cm³/mol. The second-order valence-electron chi connectivity index (χ2n) is 4.35. The van der Waals surface area contributed by atoms with Gasteiger partial charge in [0, 0.05) is 4.90 Å². The summed E-state index contributed by atoms with van der Waals surface area (Å²) in [4.78, 5) is 1.38. The van der Waals surface area contributed by atoms with E-state index in [0.29, 0.717) is 5.25 Å². The lowest BCUT2D eigenvalue weighted by Crippen LogP contribution is -1.95. The highest BCUT2D eigenvalue weighted by molar-refractivity contribution is 7.99. The fourth-order valence-corrected chi connectivity index (χ4v) is 3.18. The van der Waals surface area contributed by atoms with Crippen LogP contribution in [0.5, 0.6) is 0 Å². The average molecular weight is 238 g/mol. The molecule has 1 aliphatic rings. The molecule has 0 nitrogen and oxygen atoms in total. The molecule has 1 aliphatic heterocycles. The Labute approximate surface area is 106 Å². The van der Waals surface area contributed by atoms with Crippen LogP contribution in [0.1, 0.15) is 21.9 Å². The summed E-state index contributed by atoms with van der Waals surface area (Å²) in [7, 11) is 0. The highest BCUT2D eigenvalue weighted by atomic mass is 32.2. The van der Waals surface area contributed by atoms with Crippen molar-refractivity contribution >= 4 is 17.8 Å². The molecule has 1 heteroatoms. The first-order valence-corrected chi connectivity index (χ1v) is 6.71. The van der Waals surface area contributed by atoms with E-state index in [9.17, 15) is 0 Å². The number of hydrogen-bond acceptors (Lipinski definition) is 1. The lowest BCUT2D eigenvalue weighted by atomic mass is 10.1. The Hall–Kier alpha value is -1.47. The number of thioether (sulfide) groups is 1. The molecular formula is C16H14S. The Morgan fingerprint density at radius 1 is 0.941 bits per heavy atom. The average Bonchev–Trinajstić information content (AvgIpc) is 2.39. The van der Waals surface area contributed by atoms with Crippen LogP contribution in [0.4, 0.5) is 0 Å². The molecule has 0 aromatic heterocycles. The van der Waals surface area contributed by atoms with Crippen molar-refractivity contribution in [2.24, 2.45) is 0 Å². The van der Waals surface area contributed by atoms with E-state index in [-0.39, 0.29) is 0 Å². The fourth-order valence-electron chi connectivity index (χ4n) is 2.03. The van der Waals surface area contributed by atoms with Gasteiger partial charge < -0.3 is 0 Å². The van der Waals surface area contributed by atoms with E-state index in [4.69, 9.17) is 0 Å². The SMILES string of the molecule is Cc1ccc([C@H]2C=Cc3ccccc3S2)cc1. The van der Waals surface area contributed by atoms with Gasteiger partial charge in [-0.1, -0.05) is 60.2 Å². The topological polar surface area (TPSA) is 0 Å². The minimum atomic E-state index is 0.450. The quantitative estimate of drug-likeness (QED) is 0.684. The van der Waals surface area contributed by atoms with Crippen LogP contribution in [0, 0.1) is 6.92 Å². The van der Waals surface area contributed by atoms with E-state index in [1.54, 1.807) is 0 Å². The van der Waals surface area contributed by atoms with Crippen LogP contribution in [-0.4, -0.2) is 0 Å². The lowest BCUT2D eigenvalue weighted by Gasteiger charge is -2.19. The van der Waals surface area contributed by atoms with Crippen LogP contribution in [0.2, 0.25) is 0 Å². The third kappa shape index (κ3) is 2.16. The van der Waals surface area contributed by atoms with Crippen LogP contribution in [0.25, 0.3) is 6.08 Å². The van der Waals surface area contributed by atoms with E-state index >= 15 is 0 Å². The third-order valence-corrected chi connectivity index (χ3v) is 4.34. The Bertz CT molecular complexity index is 552. The summed E-state index contributed by atoms with van der Waals surface area (Å²) >= 11 is 1.93. The molecule has 0 aliphatic carbocycles. The zero-order chi connectivity index (χ0) is 11.7. The normalized spacial score (nSPS) is 17.8. The van der Waals surface area contributed by atoms with Gasteiger partial charge in [-0.05, 0) is 24.1 Å². The Balaban J connectivity index is 1.92. The zero-order valence-electron chi connectivity index (χ0n) is 9.76. The summed E-state index contributed by atoms with van der Waals surface area (Å²) in [6.07, 6.45) is 4.52. The van der Waals surface area contributed by atoms with Crippen molar-refractivity contribution in [2.45, 2.75) is 17.1 Å². The molecule has 0 unspecified atom stereocenters. The van der Waals surface area contributed by atoms with Crippen LogP contribution in [0.15, 0.2) is 59.5 Å². The van der Waals surface area contributed by atoms with Crippen molar-refractivity contribution in [1.29, 1.82) is 0 Å². The Morgan fingerprint density at radius 3 is 2.53 bits per heavy atom. The molecule has 0 fully saturated rings. The lowest BCUT2D eigenvalue weighted by molar-refractivity contribution is 1.20. The van der Waals surface area contributed by atoms with Crippen molar-refractivity contribution in [1.82, 2.24) is 0 Å². The summed E-state index contributed by atoms with van der Waals surface area (Å²) in [6, 6.07) is 17.4. The highest BCUT2D eigenvalue weighted by Gasteiger charge is 2.15. The second kappa shape index (κ2) is 4.42. The summed E-state index contributed by atoms with van der Waals surface area (Å²) in [6.45, 7) is 2.13. The molecule has 2 aromatic rings. The van der Waals surface area contributed by atoms with Crippen LogP contribution < -0.4 is 0 Å². The molecule has 3 rings (SSSR count). The third-order valence-electron chi connectivity index (χ3n) is 3.03. The maximum absolute atomic E-state index is 2.29. The van der Waals surface area contributed by atoms with Crippen molar-refractivity contribution in [2.75, 3.05) is 0 Å². The molecular weight excluding hydrogens is 224 g/mol. The van der Waals surface area contributed by atoms with E-state index in [1.807, 2.05) is 11.8 Å². The number of benzene rings is 2. The van der Waals surface area contributed by atoms with Gasteiger partial charge in [-0.25, -0.2) is 0 Å². The van der Waals surface area contributed by atoms with Gasteiger partial charge in [0.05, 0.1) is 5.25 Å². The van der Waals surface area contributed by atoms with Crippen LogP contribution in [-0.2, 0) is 0 Å². The fraction of sp³-hybridized carbons (Fsp3) is 0.125. The molecule has 0 spiro atoms. The van der Waals surface area contributed by atoms with E-state index in [1.165, 1.54) is 21.6 Å². The smallest absolute Gasteiger partial charge is 0.0528 e. The molecule has 17 heavy (non-hydrogen) atoms. The molecule has 1 heterocycles. The van der Waals surface area contributed by atoms with Gasteiger partial charge in [-0.2, -0.15) is 0 Å². The zero-order valence-corrected chi connectivity index (χ0v) is 10.6. The highest BCUT2D eigenvalue weighted by Crippen LogP contribution is 2.42. The first kappa shape index (κ1) is 10.7. The molecule has 1 atom stereocenters. The van der Waals surface area contributed by atoms with Gasteiger partial charge in [0.25, 0.3) is 0 Å². The second-order valence-corrected chi connectivity index (χ2v) is 5.53. The van der Waals surface area contributed by atoms with Crippen molar-refractivity contribution in [3.63, 3.8) is 0 Å². The molecule has 0 amide bonds. The monoisotopic (exact) mass is 238 g/mol. The maximum Gasteiger partial charge on any atom is 0.0528 e. The van der Waals surface area contributed by atoms with Gasteiger partial charge in [-0.15, -0.1) is 11.8 Å². The first-order chi connectivity index (χ1) is 8.33. The van der Waals surface area contributed by atoms with Crippen molar-refractivity contribution in [3.05, 3.63) is 71.3 Å². The number of hydrogen-bond donors (Lipinski definition) is 0. The summed E-state index contributed by atoms with van der Waals surface area (Å²) in [5, 5.41) is 0.450. The van der Waals surface area contributed by atoms with Crippen molar-refractivity contribution in [3.8, 4) is 0 Å². The van der Waals surface area contributed by atoms with Gasteiger partial charge in [0.1, 0.15) is 0 Å². The van der Waals surface area contributed by atoms with Gasteiger partial charge in [0.15, 0.2) is 0 Å². The van der Waals surface area contributed by atoms with Crippen LogP contribution >= 0.6 is 11.8 Å². The molecule has 0 saturated carbocycles. The van der Waals surface area contributed by atoms with E-state index in [0.717, 1.165) is 0 Å². The van der Waals surface area contributed by atoms with Gasteiger partial charge in [0.2, 0.25) is 0 Å². The Morgan fingerprint density at radius 2 is 1.71 bits per heavy atom. The molecule has 0 N–H and O–H groups in total. The predicted octanol–water partition coefficient (Wildman–Crippen LogP) is 4.86. The van der Waals surface area contributed by atoms with Gasteiger partial charge >= 0.3 is 0 Å². The van der Waals surface area contributed by atoms with Crippen molar-refractivity contribution < 1.29 is 0 Å².